The lowest BCUT2D eigenvalue weighted by Gasteiger charge is -2.41. The number of likely N-dealkylation sites (tertiary alicyclic amines) is 1. The number of rotatable bonds is 5. The van der Waals surface area contributed by atoms with Crippen LogP contribution in [0.2, 0.25) is 0 Å². The molecule has 2 aliphatic rings. The highest BCUT2D eigenvalue weighted by atomic mass is 32.2. The van der Waals surface area contributed by atoms with Gasteiger partial charge in [-0.25, -0.2) is 23.1 Å². The zero-order chi connectivity index (χ0) is 18.0. The Kier molecular flexibility index (Phi) is 4.91. The molecule has 2 fully saturated rings. The van der Waals surface area contributed by atoms with E-state index >= 15 is 0 Å². The molecule has 1 saturated carbocycles. The van der Waals surface area contributed by atoms with Crippen molar-refractivity contribution >= 4 is 16.0 Å². The summed E-state index contributed by atoms with van der Waals surface area (Å²) >= 11 is 0. The highest BCUT2D eigenvalue weighted by molar-refractivity contribution is 7.92. The molecule has 6 nitrogen and oxygen atoms in total. The fraction of sp³-hybridized carbons (Fsp3) is 0.474. The quantitative estimate of drug-likeness (QED) is 0.873. The molecule has 2 bridgehead atoms. The van der Waals surface area contributed by atoms with Gasteiger partial charge in [0.25, 0.3) is 10.0 Å². The second-order valence-electron chi connectivity index (χ2n) is 7.43. The Hall–Kier alpha value is -1.99. The second kappa shape index (κ2) is 7.32. The van der Waals surface area contributed by atoms with E-state index in [1.807, 2.05) is 0 Å². The number of hydrogen-bond acceptors (Lipinski definition) is 5. The molecular formula is C19H24N4O2S. The maximum atomic E-state index is 12.3. The lowest BCUT2D eigenvalue weighted by molar-refractivity contribution is 0.0806. The molecule has 0 radical (unpaired) electrons. The number of fused-ring (bicyclic) bond motifs is 2. The van der Waals surface area contributed by atoms with E-state index in [0.717, 1.165) is 37.0 Å². The van der Waals surface area contributed by atoms with Crippen LogP contribution in [-0.4, -0.2) is 36.4 Å². The first-order valence-electron chi connectivity index (χ1n) is 9.19. The van der Waals surface area contributed by atoms with E-state index in [1.165, 1.54) is 25.7 Å². The molecular weight excluding hydrogens is 348 g/mol. The fourth-order valence-corrected chi connectivity index (χ4v) is 5.17. The minimum atomic E-state index is -3.65. The number of nitrogens with zero attached hydrogens (tertiary/aromatic N) is 3. The van der Waals surface area contributed by atoms with Gasteiger partial charge in [-0.2, -0.15) is 0 Å². The van der Waals surface area contributed by atoms with Crippen LogP contribution in [0.15, 0.2) is 47.6 Å². The lowest BCUT2D eigenvalue weighted by atomic mass is 9.78. The number of piperidine rings is 1. The summed E-state index contributed by atoms with van der Waals surface area (Å²) in [6, 6.07) is 8.24. The number of nitrogens with one attached hydrogen (secondary N) is 1. The standard InChI is InChI=1S/C19H24N4O2S/c24-26(25,18-7-2-1-3-8-18)22-19-20-10-17(11-21-19)14-23-12-15-5-4-6-16(9-15)13-23/h1-3,7-8,10-11,15-16H,4-6,9,12-14H2,(H,20,21,22). The monoisotopic (exact) mass is 372 g/mol. The minimum absolute atomic E-state index is 0.105. The summed E-state index contributed by atoms with van der Waals surface area (Å²) in [5.41, 5.74) is 1.02. The third-order valence-electron chi connectivity index (χ3n) is 5.31. The number of hydrogen-bond donors (Lipinski definition) is 1. The molecule has 2 atom stereocenters. The Bertz CT molecular complexity index is 828. The number of aromatic nitrogens is 2. The van der Waals surface area contributed by atoms with Crippen LogP contribution >= 0.6 is 0 Å². The molecule has 2 heterocycles. The van der Waals surface area contributed by atoms with Crippen molar-refractivity contribution in [2.45, 2.75) is 37.1 Å². The van der Waals surface area contributed by atoms with Gasteiger partial charge in [0.2, 0.25) is 5.95 Å². The summed E-state index contributed by atoms with van der Waals surface area (Å²) in [7, 11) is -3.65. The van der Waals surface area contributed by atoms with Gasteiger partial charge in [-0.05, 0) is 43.2 Å². The number of benzene rings is 1. The topological polar surface area (TPSA) is 75.2 Å². The molecule has 0 amide bonds. The zero-order valence-corrected chi connectivity index (χ0v) is 15.5. The molecule has 138 valence electrons. The molecule has 1 N–H and O–H groups in total. The van der Waals surface area contributed by atoms with Crippen LogP contribution in [0.25, 0.3) is 0 Å². The van der Waals surface area contributed by atoms with Crippen molar-refractivity contribution in [1.29, 1.82) is 0 Å². The first-order chi connectivity index (χ1) is 12.6. The van der Waals surface area contributed by atoms with Gasteiger partial charge < -0.3 is 0 Å². The van der Waals surface area contributed by atoms with E-state index < -0.39 is 10.0 Å². The van der Waals surface area contributed by atoms with Gasteiger partial charge in [-0.1, -0.05) is 24.6 Å². The number of sulfonamides is 1. The first-order valence-corrected chi connectivity index (χ1v) is 10.7. The van der Waals surface area contributed by atoms with Crippen LogP contribution in [0.5, 0.6) is 0 Å². The van der Waals surface area contributed by atoms with Crippen molar-refractivity contribution in [2.24, 2.45) is 11.8 Å². The maximum Gasteiger partial charge on any atom is 0.264 e. The largest absolute Gasteiger partial charge is 0.298 e. The summed E-state index contributed by atoms with van der Waals surface area (Å²) in [5.74, 6) is 1.77. The first kappa shape index (κ1) is 17.4. The molecule has 7 heteroatoms. The fourth-order valence-electron chi connectivity index (χ4n) is 4.19. The van der Waals surface area contributed by atoms with E-state index in [0.29, 0.717) is 0 Å². The Morgan fingerprint density at radius 3 is 2.35 bits per heavy atom. The smallest absolute Gasteiger partial charge is 0.264 e. The van der Waals surface area contributed by atoms with Crippen LogP contribution in [0, 0.1) is 11.8 Å². The van der Waals surface area contributed by atoms with E-state index in [2.05, 4.69) is 19.6 Å². The van der Waals surface area contributed by atoms with Gasteiger partial charge in [-0.15, -0.1) is 0 Å². The predicted octanol–water partition coefficient (Wildman–Crippen LogP) is 2.90. The SMILES string of the molecule is O=S(=O)(Nc1ncc(CN2CC3CCCC(C3)C2)cn1)c1ccccc1. The van der Waals surface area contributed by atoms with Crippen LogP contribution in [0.1, 0.15) is 31.2 Å². The Morgan fingerprint density at radius 2 is 1.69 bits per heavy atom. The highest BCUT2D eigenvalue weighted by Crippen LogP contribution is 2.34. The second-order valence-corrected chi connectivity index (χ2v) is 9.11. The van der Waals surface area contributed by atoms with E-state index in [1.54, 1.807) is 42.7 Å². The van der Waals surface area contributed by atoms with Gasteiger partial charge in [0.1, 0.15) is 0 Å². The molecule has 1 saturated heterocycles. The summed E-state index contributed by atoms with van der Waals surface area (Å²) in [6.07, 6.45) is 8.91. The van der Waals surface area contributed by atoms with Crippen LogP contribution in [0.4, 0.5) is 5.95 Å². The molecule has 26 heavy (non-hydrogen) atoms. The van der Waals surface area contributed by atoms with Crippen LogP contribution in [0.3, 0.4) is 0 Å². The van der Waals surface area contributed by atoms with E-state index in [4.69, 9.17) is 0 Å². The van der Waals surface area contributed by atoms with Crippen LogP contribution in [-0.2, 0) is 16.6 Å². The molecule has 2 unspecified atom stereocenters. The average molecular weight is 372 g/mol. The van der Waals surface area contributed by atoms with Gasteiger partial charge >= 0.3 is 0 Å². The predicted molar refractivity (Wildman–Crippen MR) is 100 cm³/mol. The van der Waals surface area contributed by atoms with Crippen LogP contribution < -0.4 is 4.72 Å². The average Bonchev–Trinajstić information content (AvgIpc) is 2.64. The molecule has 1 aliphatic heterocycles. The molecule has 1 aliphatic carbocycles. The summed E-state index contributed by atoms with van der Waals surface area (Å²) < 4.78 is 27.1. The lowest BCUT2D eigenvalue weighted by Crippen LogP contribution is -2.42. The van der Waals surface area contributed by atoms with Crippen molar-refractivity contribution in [2.75, 3.05) is 17.8 Å². The highest BCUT2D eigenvalue weighted by Gasteiger charge is 2.30. The molecule has 0 spiro atoms. The van der Waals surface area contributed by atoms with Crippen molar-refractivity contribution in [3.05, 3.63) is 48.3 Å². The Morgan fingerprint density at radius 1 is 1.04 bits per heavy atom. The molecule has 1 aromatic carbocycles. The molecule has 1 aromatic heterocycles. The summed E-state index contributed by atoms with van der Waals surface area (Å²) in [4.78, 5) is 11.1. The maximum absolute atomic E-state index is 12.3. The van der Waals surface area contributed by atoms with Gasteiger partial charge in [0, 0.05) is 37.6 Å². The molecule has 2 aromatic rings. The van der Waals surface area contributed by atoms with Crippen molar-refractivity contribution < 1.29 is 8.42 Å². The normalized spacial score (nSPS) is 23.5. The third kappa shape index (κ3) is 4.04. The Balaban J connectivity index is 1.39. The zero-order valence-electron chi connectivity index (χ0n) is 14.7. The summed E-state index contributed by atoms with van der Waals surface area (Å²) in [6.45, 7) is 3.14. The molecule has 4 rings (SSSR count). The van der Waals surface area contributed by atoms with Gasteiger partial charge in [0.15, 0.2) is 0 Å². The Labute approximate surface area is 154 Å². The number of anilines is 1. The van der Waals surface area contributed by atoms with Crippen molar-refractivity contribution in [3.63, 3.8) is 0 Å². The van der Waals surface area contributed by atoms with Gasteiger partial charge in [-0.3, -0.25) is 4.90 Å². The van der Waals surface area contributed by atoms with E-state index in [-0.39, 0.29) is 10.8 Å². The third-order valence-corrected chi connectivity index (χ3v) is 6.66. The van der Waals surface area contributed by atoms with Crippen molar-refractivity contribution in [1.82, 2.24) is 14.9 Å². The van der Waals surface area contributed by atoms with Crippen molar-refractivity contribution in [3.8, 4) is 0 Å². The van der Waals surface area contributed by atoms with E-state index in [9.17, 15) is 8.42 Å². The van der Waals surface area contributed by atoms with Gasteiger partial charge in [0.05, 0.1) is 4.90 Å². The minimum Gasteiger partial charge on any atom is -0.298 e. The summed E-state index contributed by atoms with van der Waals surface area (Å²) in [5, 5.41) is 0.